The molecule has 0 spiro atoms. The van der Waals surface area contributed by atoms with Crippen molar-refractivity contribution in [3.63, 3.8) is 0 Å². The highest BCUT2D eigenvalue weighted by atomic mass is 35.5. The van der Waals surface area contributed by atoms with E-state index in [2.05, 4.69) is 4.98 Å². The van der Waals surface area contributed by atoms with Crippen molar-refractivity contribution >= 4 is 57.8 Å². The van der Waals surface area contributed by atoms with Crippen molar-refractivity contribution in [1.29, 1.82) is 0 Å². The Balaban J connectivity index is 1.71. The Morgan fingerprint density at radius 3 is 2.71 bits per heavy atom. The van der Waals surface area contributed by atoms with E-state index in [1.807, 2.05) is 29.2 Å². The van der Waals surface area contributed by atoms with Gasteiger partial charge in [0.25, 0.3) is 5.91 Å². The van der Waals surface area contributed by atoms with E-state index in [0.29, 0.717) is 20.1 Å². The maximum absolute atomic E-state index is 13.3. The van der Waals surface area contributed by atoms with Crippen LogP contribution in [-0.4, -0.2) is 27.0 Å². The predicted octanol–water partition coefficient (Wildman–Crippen LogP) is 6.33. The van der Waals surface area contributed by atoms with Gasteiger partial charge in [-0.2, -0.15) is 0 Å². The maximum atomic E-state index is 13.3. The van der Waals surface area contributed by atoms with Gasteiger partial charge in [0.1, 0.15) is 0 Å². The van der Waals surface area contributed by atoms with Gasteiger partial charge < -0.3 is 0 Å². The Hall–Kier alpha value is -1.82. The molecule has 1 saturated heterocycles. The van der Waals surface area contributed by atoms with Crippen molar-refractivity contribution in [2.75, 3.05) is 0 Å². The quantitative estimate of drug-likeness (QED) is 0.533. The van der Waals surface area contributed by atoms with Crippen LogP contribution < -0.4 is 0 Å². The van der Waals surface area contributed by atoms with E-state index in [1.54, 1.807) is 24.5 Å². The smallest absolute Gasteiger partial charge is 0.267 e. The summed E-state index contributed by atoms with van der Waals surface area (Å²) in [5, 5.41) is 1.80. The van der Waals surface area contributed by atoms with E-state index < -0.39 is 0 Å². The summed E-state index contributed by atoms with van der Waals surface area (Å²) >= 11 is 13.7. The zero-order valence-electron chi connectivity index (χ0n) is 15.1. The number of aliphatic imine (C=N–C) groups is 1. The Morgan fingerprint density at radius 1 is 1.18 bits per heavy atom. The van der Waals surface area contributed by atoms with Crippen molar-refractivity contribution in [3.05, 3.63) is 63.2 Å². The number of benzene rings is 1. The molecule has 2 heterocycles. The van der Waals surface area contributed by atoms with Crippen LogP contribution >= 0.6 is 35.0 Å². The molecule has 7 heteroatoms. The first kappa shape index (κ1) is 19.5. The molecule has 4 rings (SSSR count). The second kappa shape index (κ2) is 8.68. The van der Waals surface area contributed by atoms with Crippen LogP contribution in [0.5, 0.6) is 0 Å². The number of pyridine rings is 1. The lowest BCUT2D eigenvalue weighted by molar-refractivity contribution is -0.124. The minimum atomic E-state index is -0.00874. The monoisotopic (exact) mass is 431 g/mol. The average molecular weight is 432 g/mol. The van der Waals surface area contributed by atoms with Gasteiger partial charge >= 0.3 is 0 Å². The van der Waals surface area contributed by atoms with Crippen molar-refractivity contribution in [2.45, 2.75) is 38.1 Å². The van der Waals surface area contributed by atoms with Gasteiger partial charge in [0.05, 0.1) is 16.8 Å². The summed E-state index contributed by atoms with van der Waals surface area (Å²) in [6.07, 6.45) is 10.8. The number of rotatable bonds is 3. The van der Waals surface area contributed by atoms with Crippen LogP contribution in [0.3, 0.4) is 0 Å². The molecule has 4 nitrogen and oxygen atoms in total. The van der Waals surface area contributed by atoms with Crippen LogP contribution in [0.1, 0.15) is 37.7 Å². The van der Waals surface area contributed by atoms with Gasteiger partial charge in [-0.05, 0) is 60.5 Å². The Morgan fingerprint density at radius 2 is 2.00 bits per heavy atom. The van der Waals surface area contributed by atoms with E-state index in [1.165, 1.54) is 18.2 Å². The molecule has 1 aliphatic carbocycles. The maximum Gasteiger partial charge on any atom is 0.267 e. The summed E-state index contributed by atoms with van der Waals surface area (Å²) in [5.74, 6) is -0.00874. The molecule has 28 heavy (non-hydrogen) atoms. The minimum Gasteiger partial charge on any atom is -0.283 e. The predicted molar refractivity (Wildman–Crippen MR) is 117 cm³/mol. The number of carbonyl (C=O) groups is 1. The molecule has 2 fully saturated rings. The fourth-order valence-corrected chi connectivity index (χ4v) is 5.03. The molecule has 0 bridgehead atoms. The summed E-state index contributed by atoms with van der Waals surface area (Å²) in [6, 6.07) is 9.21. The molecule has 0 radical (unpaired) electrons. The van der Waals surface area contributed by atoms with Gasteiger partial charge in [-0.15, -0.1) is 0 Å². The number of hydrogen-bond acceptors (Lipinski definition) is 4. The van der Waals surface area contributed by atoms with Crippen LogP contribution in [0.4, 0.5) is 5.69 Å². The molecule has 1 saturated carbocycles. The highest BCUT2D eigenvalue weighted by Gasteiger charge is 2.38. The van der Waals surface area contributed by atoms with Gasteiger partial charge in [-0.25, -0.2) is 4.99 Å². The fourth-order valence-electron chi connectivity index (χ4n) is 3.52. The largest absolute Gasteiger partial charge is 0.283 e. The molecule has 2 aliphatic rings. The summed E-state index contributed by atoms with van der Waals surface area (Å²) in [7, 11) is 0. The fraction of sp³-hybridized carbons (Fsp3) is 0.286. The van der Waals surface area contributed by atoms with E-state index in [4.69, 9.17) is 28.2 Å². The molecule has 1 aliphatic heterocycles. The Kier molecular flexibility index (Phi) is 6.04. The highest BCUT2D eigenvalue weighted by Crippen LogP contribution is 2.39. The molecule has 1 aromatic heterocycles. The summed E-state index contributed by atoms with van der Waals surface area (Å²) in [5.41, 5.74) is 1.51. The van der Waals surface area contributed by atoms with E-state index in [-0.39, 0.29) is 11.9 Å². The standard InChI is InChI=1S/C21H19Cl2N3OS/c22-15-9-8-14(18(23)12-15)11-19-20(27)26(17-6-2-1-3-7-17)21(28-19)25-16-5-4-10-24-13-16/h4-5,8-13,17H,1-3,6-7H2/b19-11-,25-21?. The Bertz CT molecular complexity index is 940. The van der Waals surface area contributed by atoms with Gasteiger partial charge in [-0.3, -0.25) is 14.7 Å². The van der Waals surface area contributed by atoms with Crippen LogP contribution in [0.2, 0.25) is 10.0 Å². The number of hydrogen-bond donors (Lipinski definition) is 0. The molecule has 2 aromatic rings. The topological polar surface area (TPSA) is 45.6 Å². The number of carbonyl (C=O) groups excluding carboxylic acids is 1. The van der Waals surface area contributed by atoms with Crippen LogP contribution in [0.15, 0.2) is 52.6 Å². The molecule has 0 atom stereocenters. The van der Waals surface area contributed by atoms with Crippen LogP contribution in [-0.2, 0) is 4.79 Å². The molecule has 144 valence electrons. The Labute approximate surface area is 178 Å². The van der Waals surface area contributed by atoms with Gasteiger partial charge in [-0.1, -0.05) is 48.5 Å². The van der Waals surface area contributed by atoms with E-state index >= 15 is 0 Å². The van der Waals surface area contributed by atoms with Crippen molar-refractivity contribution in [3.8, 4) is 0 Å². The third-order valence-corrected chi connectivity index (χ3v) is 6.44. The zero-order valence-corrected chi connectivity index (χ0v) is 17.5. The average Bonchev–Trinajstić information content (AvgIpc) is 3.00. The first-order chi connectivity index (χ1) is 13.6. The first-order valence-corrected chi connectivity index (χ1v) is 10.9. The molecular weight excluding hydrogens is 413 g/mol. The second-order valence-electron chi connectivity index (χ2n) is 6.85. The third-order valence-electron chi connectivity index (χ3n) is 4.90. The lowest BCUT2D eigenvalue weighted by atomic mass is 9.94. The molecule has 1 aromatic carbocycles. The van der Waals surface area contributed by atoms with Gasteiger partial charge in [0.15, 0.2) is 5.17 Å². The number of aromatic nitrogens is 1. The normalized spacial score (nSPS) is 21.1. The van der Waals surface area contributed by atoms with Crippen LogP contribution in [0.25, 0.3) is 6.08 Å². The highest BCUT2D eigenvalue weighted by molar-refractivity contribution is 8.18. The number of amides is 1. The number of amidine groups is 1. The van der Waals surface area contributed by atoms with Gasteiger partial charge in [0, 0.05) is 22.3 Å². The summed E-state index contributed by atoms with van der Waals surface area (Å²) in [6.45, 7) is 0. The van der Waals surface area contributed by atoms with E-state index in [0.717, 1.165) is 36.9 Å². The molecule has 0 N–H and O–H groups in total. The minimum absolute atomic E-state index is 0.00874. The first-order valence-electron chi connectivity index (χ1n) is 9.29. The number of halogens is 2. The summed E-state index contributed by atoms with van der Waals surface area (Å²) in [4.78, 5) is 24.6. The number of thioether (sulfide) groups is 1. The van der Waals surface area contributed by atoms with Crippen molar-refractivity contribution in [2.24, 2.45) is 4.99 Å². The lowest BCUT2D eigenvalue weighted by Crippen LogP contribution is -2.40. The van der Waals surface area contributed by atoms with Gasteiger partial charge in [0.2, 0.25) is 0 Å². The lowest BCUT2D eigenvalue weighted by Gasteiger charge is -2.30. The number of nitrogens with zero attached hydrogens (tertiary/aromatic N) is 3. The van der Waals surface area contributed by atoms with Crippen molar-refractivity contribution < 1.29 is 4.79 Å². The molecular formula is C21H19Cl2N3OS. The van der Waals surface area contributed by atoms with Crippen LogP contribution in [0, 0.1) is 0 Å². The molecule has 0 unspecified atom stereocenters. The molecule has 1 amide bonds. The zero-order chi connectivity index (χ0) is 19.5. The summed E-state index contributed by atoms with van der Waals surface area (Å²) < 4.78 is 0. The van der Waals surface area contributed by atoms with E-state index in [9.17, 15) is 4.79 Å². The van der Waals surface area contributed by atoms with Crippen molar-refractivity contribution in [1.82, 2.24) is 9.88 Å². The second-order valence-corrected chi connectivity index (χ2v) is 8.70. The third kappa shape index (κ3) is 4.27. The SMILES string of the molecule is O=C1/C(=C/c2ccc(Cl)cc2Cl)SC(=Nc2cccnc2)N1C1CCCCC1.